The van der Waals surface area contributed by atoms with E-state index in [1.807, 2.05) is 6.07 Å². The maximum atomic E-state index is 10.9. The van der Waals surface area contributed by atoms with Crippen molar-refractivity contribution >= 4 is 5.97 Å². The first-order valence-corrected chi connectivity index (χ1v) is 3.41. The summed E-state index contributed by atoms with van der Waals surface area (Å²) >= 11 is 0. The third kappa shape index (κ3) is 1.64. The third-order valence-corrected chi connectivity index (χ3v) is 1.42. The molecule has 0 bridgehead atoms. The minimum absolute atomic E-state index is 0.275. The Bertz CT molecular complexity index is 322. The van der Waals surface area contributed by atoms with Gasteiger partial charge in [0.2, 0.25) is 0 Å². The second kappa shape index (κ2) is 3.58. The normalized spacial score (nSPS) is 9.00. The molecule has 0 radical (unpaired) electrons. The highest BCUT2D eigenvalue weighted by Crippen LogP contribution is 2.03. The van der Waals surface area contributed by atoms with Crippen molar-refractivity contribution in [3.63, 3.8) is 0 Å². The summed E-state index contributed by atoms with van der Waals surface area (Å²) in [5.74, 6) is -0.417. The molecule has 4 nitrogen and oxygen atoms in total. The first-order valence-electron chi connectivity index (χ1n) is 3.41. The molecule has 4 heteroatoms. The van der Waals surface area contributed by atoms with Crippen molar-refractivity contribution in [2.75, 3.05) is 7.11 Å². The zero-order valence-corrected chi connectivity index (χ0v) is 6.63. The summed E-state index contributed by atoms with van der Waals surface area (Å²) in [7, 11) is 1.31. The topological polar surface area (TPSA) is 65.9 Å². The van der Waals surface area contributed by atoms with Crippen LogP contribution in [0.1, 0.15) is 16.2 Å². The second-order valence-electron chi connectivity index (χ2n) is 2.22. The molecule has 0 aliphatic carbocycles. The molecule has 0 spiro atoms. The van der Waals surface area contributed by atoms with Crippen LogP contribution in [0.2, 0.25) is 0 Å². The number of nitrogens with zero attached hydrogens (tertiary/aromatic N) is 1. The fourth-order valence-electron chi connectivity index (χ4n) is 0.858. The summed E-state index contributed by atoms with van der Waals surface area (Å²) in [6, 6.07) is 5.26. The molecule has 0 unspecified atom stereocenters. The van der Waals surface area contributed by atoms with Crippen LogP contribution < -0.4 is 0 Å². The minimum atomic E-state index is -0.417. The lowest BCUT2D eigenvalue weighted by Gasteiger charge is -1.93. The molecule has 62 valence electrons. The zero-order chi connectivity index (χ0) is 8.97. The number of methoxy groups -OCH3 is 1. The summed E-state index contributed by atoms with van der Waals surface area (Å²) in [5.41, 5.74) is 1.10. The number of hydrogen-bond donors (Lipinski definition) is 1. The summed E-state index contributed by atoms with van der Waals surface area (Å²) in [5, 5.41) is 8.34. The van der Waals surface area contributed by atoms with Crippen LogP contribution in [-0.2, 0) is 11.2 Å². The van der Waals surface area contributed by atoms with Crippen molar-refractivity contribution in [1.29, 1.82) is 5.26 Å². The molecule has 0 aliphatic heterocycles. The van der Waals surface area contributed by atoms with Gasteiger partial charge in [-0.25, -0.2) is 4.79 Å². The van der Waals surface area contributed by atoms with Crippen molar-refractivity contribution in [3.8, 4) is 6.07 Å². The number of ether oxygens (including phenoxy) is 1. The van der Waals surface area contributed by atoms with Gasteiger partial charge < -0.3 is 9.72 Å². The van der Waals surface area contributed by atoms with Crippen LogP contribution in [-0.4, -0.2) is 18.1 Å². The molecule has 1 rings (SSSR count). The van der Waals surface area contributed by atoms with E-state index in [1.54, 1.807) is 12.1 Å². The molecule has 1 N–H and O–H groups in total. The molecule has 0 aromatic carbocycles. The Labute approximate surface area is 69.8 Å². The van der Waals surface area contributed by atoms with E-state index in [2.05, 4.69) is 9.72 Å². The molecule has 1 aromatic heterocycles. The van der Waals surface area contributed by atoms with Gasteiger partial charge >= 0.3 is 5.97 Å². The monoisotopic (exact) mass is 164 g/mol. The van der Waals surface area contributed by atoms with Crippen LogP contribution in [0.3, 0.4) is 0 Å². The van der Waals surface area contributed by atoms with Crippen LogP contribution in [0, 0.1) is 11.3 Å². The molecular formula is C8H8N2O2. The number of aromatic amines is 1. The number of H-pyrrole nitrogens is 1. The first-order chi connectivity index (χ1) is 5.77. The standard InChI is InChI=1S/C8H8N2O2/c1-12-8(11)7-3-2-6(10-7)4-5-9/h2-3,10H,4H2,1H3. The number of hydrogen-bond acceptors (Lipinski definition) is 3. The van der Waals surface area contributed by atoms with E-state index in [4.69, 9.17) is 5.26 Å². The summed E-state index contributed by atoms with van der Waals surface area (Å²) in [4.78, 5) is 13.7. The van der Waals surface area contributed by atoms with Gasteiger partial charge in [-0.3, -0.25) is 0 Å². The molecule has 0 saturated carbocycles. The molecule has 1 aromatic rings. The molecule has 1 heterocycles. The molecule has 0 atom stereocenters. The van der Waals surface area contributed by atoms with Crippen LogP contribution in [0.4, 0.5) is 0 Å². The zero-order valence-electron chi connectivity index (χ0n) is 6.63. The number of aromatic nitrogens is 1. The molecule has 0 saturated heterocycles. The van der Waals surface area contributed by atoms with Gasteiger partial charge in [0.15, 0.2) is 0 Å². The maximum absolute atomic E-state index is 10.9. The summed E-state index contributed by atoms with van der Waals surface area (Å²) in [6.45, 7) is 0. The predicted octanol–water partition coefficient (Wildman–Crippen LogP) is 0.867. The number of carbonyl (C=O) groups is 1. The Morgan fingerprint density at radius 2 is 2.50 bits per heavy atom. The Balaban J connectivity index is 2.78. The molecule has 0 fully saturated rings. The van der Waals surface area contributed by atoms with Crippen molar-refractivity contribution in [1.82, 2.24) is 4.98 Å². The van der Waals surface area contributed by atoms with Gasteiger partial charge in [0.05, 0.1) is 19.6 Å². The highest BCUT2D eigenvalue weighted by Gasteiger charge is 2.06. The predicted molar refractivity (Wildman–Crippen MR) is 41.4 cm³/mol. The van der Waals surface area contributed by atoms with Gasteiger partial charge in [0, 0.05) is 5.69 Å². The van der Waals surface area contributed by atoms with Gasteiger partial charge in [-0.05, 0) is 12.1 Å². The van der Waals surface area contributed by atoms with Gasteiger partial charge in [0.25, 0.3) is 0 Å². The lowest BCUT2D eigenvalue weighted by atomic mass is 10.3. The van der Waals surface area contributed by atoms with Crippen molar-refractivity contribution in [3.05, 3.63) is 23.5 Å². The Morgan fingerprint density at radius 3 is 3.08 bits per heavy atom. The molecular weight excluding hydrogens is 156 g/mol. The van der Waals surface area contributed by atoms with E-state index in [9.17, 15) is 4.79 Å². The van der Waals surface area contributed by atoms with E-state index < -0.39 is 5.97 Å². The number of esters is 1. The lowest BCUT2D eigenvalue weighted by molar-refractivity contribution is 0.0594. The first kappa shape index (κ1) is 8.34. The summed E-state index contributed by atoms with van der Waals surface area (Å²) < 4.78 is 4.47. The maximum Gasteiger partial charge on any atom is 0.354 e. The van der Waals surface area contributed by atoms with Crippen molar-refractivity contribution in [2.45, 2.75) is 6.42 Å². The molecule has 12 heavy (non-hydrogen) atoms. The van der Waals surface area contributed by atoms with E-state index in [-0.39, 0.29) is 6.42 Å². The average Bonchev–Trinajstić information content (AvgIpc) is 2.52. The van der Waals surface area contributed by atoms with Gasteiger partial charge in [-0.15, -0.1) is 0 Å². The molecule has 0 aliphatic rings. The van der Waals surface area contributed by atoms with Crippen molar-refractivity contribution in [2.24, 2.45) is 0 Å². The number of nitriles is 1. The van der Waals surface area contributed by atoms with E-state index >= 15 is 0 Å². The molecule has 0 amide bonds. The van der Waals surface area contributed by atoms with Crippen LogP contribution >= 0.6 is 0 Å². The SMILES string of the molecule is COC(=O)c1ccc(CC#N)[nH]1. The fourth-order valence-corrected chi connectivity index (χ4v) is 0.858. The quantitative estimate of drug-likeness (QED) is 0.659. The largest absolute Gasteiger partial charge is 0.464 e. The third-order valence-electron chi connectivity index (χ3n) is 1.42. The Morgan fingerprint density at radius 1 is 1.75 bits per heavy atom. The van der Waals surface area contributed by atoms with Gasteiger partial charge in [0.1, 0.15) is 5.69 Å². The summed E-state index contributed by atoms with van der Waals surface area (Å²) in [6.07, 6.45) is 0.275. The smallest absolute Gasteiger partial charge is 0.354 e. The van der Waals surface area contributed by atoms with E-state index in [0.717, 1.165) is 5.69 Å². The van der Waals surface area contributed by atoms with Crippen LogP contribution in [0.25, 0.3) is 0 Å². The van der Waals surface area contributed by atoms with Gasteiger partial charge in [-0.2, -0.15) is 5.26 Å². The van der Waals surface area contributed by atoms with E-state index in [0.29, 0.717) is 5.69 Å². The van der Waals surface area contributed by atoms with Crippen LogP contribution in [0.5, 0.6) is 0 Å². The highest BCUT2D eigenvalue weighted by molar-refractivity contribution is 5.87. The average molecular weight is 164 g/mol. The van der Waals surface area contributed by atoms with Crippen LogP contribution in [0.15, 0.2) is 12.1 Å². The van der Waals surface area contributed by atoms with Crippen molar-refractivity contribution < 1.29 is 9.53 Å². The van der Waals surface area contributed by atoms with E-state index in [1.165, 1.54) is 7.11 Å². The lowest BCUT2D eigenvalue weighted by Crippen LogP contribution is -2.01. The highest BCUT2D eigenvalue weighted by atomic mass is 16.5. The Hall–Kier alpha value is -1.76. The second-order valence-corrected chi connectivity index (χ2v) is 2.22. The number of carbonyl (C=O) groups excluding carboxylic acids is 1. The number of nitrogens with one attached hydrogen (secondary N) is 1. The fraction of sp³-hybridized carbons (Fsp3) is 0.250. The Kier molecular flexibility index (Phi) is 2.49. The minimum Gasteiger partial charge on any atom is -0.464 e. The van der Waals surface area contributed by atoms with Gasteiger partial charge in [-0.1, -0.05) is 0 Å². The number of rotatable bonds is 2.